The summed E-state index contributed by atoms with van der Waals surface area (Å²) in [7, 11) is 0. The molecule has 2 heteroatoms. The minimum atomic E-state index is -0.549. The van der Waals surface area contributed by atoms with Gasteiger partial charge in [-0.2, -0.15) is 0 Å². The molecule has 32 heavy (non-hydrogen) atoms. The Morgan fingerprint density at radius 2 is 1.22 bits per heavy atom. The van der Waals surface area contributed by atoms with Crippen molar-refractivity contribution in [3.63, 3.8) is 0 Å². The summed E-state index contributed by atoms with van der Waals surface area (Å²) in [6.07, 6.45) is 12.4. The van der Waals surface area contributed by atoms with Gasteiger partial charge in [-0.25, -0.2) is 0 Å². The molecule has 5 aliphatic rings. The Kier molecular flexibility index (Phi) is 5.01. The smallest absolute Gasteiger partial charge is 0.0622 e. The summed E-state index contributed by atoms with van der Waals surface area (Å²) in [6.45, 7) is 19.6. The van der Waals surface area contributed by atoms with Crippen LogP contribution in [0, 0.1) is 56.7 Å². The Balaban J connectivity index is 1.52. The molecule has 5 saturated carbocycles. The molecule has 5 rings (SSSR count). The highest BCUT2D eigenvalue weighted by atomic mass is 16.3. The van der Waals surface area contributed by atoms with Gasteiger partial charge < -0.3 is 10.2 Å². The molecule has 0 saturated heterocycles. The third-order valence-electron chi connectivity index (χ3n) is 13.5. The minimum absolute atomic E-state index is 0.130. The summed E-state index contributed by atoms with van der Waals surface area (Å²) in [5.74, 6) is 3.41. The Labute approximate surface area is 198 Å². The van der Waals surface area contributed by atoms with Crippen LogP contribution in [0.1, 0.15) is 120 Å². The summed E-state index contributed by atoms with van der Waals surface area (Å²) in [6, 6.07) is 0. The van der Waals surface area contributed by atoms with Gasteiger partial charge in [0.25, 0.3) is 0 Å². The summed E-state index contributed by atoms with van der Waals surface area (Å²) in [4.78, 5) is 0. The van der Waals surface area contributed by atoms with Crippen LogP contribution in [-0.2, 0) is 0 Å². The van der Waals surface area contributed by atoms with Crippen LogP contribution in [0.25, 0.3) is 0 Å². The molecular weight excluding hydrogens is 392 g/mol. The van der Waals surface area contributed by atoms with Gasteiger partial charge in [0, 0.05) is 0 Å². The standard InChI is InChI=1S/C30H52O2/c1-25(2)17-19(31)18-28(6)22(25)13-16-30(8)24(28)10-9-23-27(5)14-11-20(26(3,4)32)21(27)12-15-29(23,30)7/h19-24,31-32H,9-18H2,1-8H3/t19?,20?,21?,22?,23?,24?,27-,28-,29+,30+/m0/s1. The van der Waals surface area contributed by atoms with Gasteiger partial charge in [-0.15, -0.1) is 0 Å². The van der Waals surface area contributed by atoms with Gasteiger partial charge in [-0.05, 0) is 135 Å². The zero-order valence-corrected chi connectivity index (χ0v) is 22.4. The molecule has 5 fully saturated rings. The van der Waals surface area contributed by atoms with Crippen molar-refractivity contribution in [3.8, 4) is 0 Å². The van der Waals surface area contributed by atoms with Gasteiger partial charge in [-0.1, -0.05) is 41.5 Å². The van der Waals surface area contributed by atoms with Crippen molar-refractivity contribution in [1.82, 2.24) is 0 Å². The van der Waals surface area contributed by atoms with E-state index in [4.69, 9.17) is 0 Å². The van der Waals surface area contributed by atoms with Gasteiger partial charge in [0.1, 0.15) is 0 Å². The molecule has 0 radical (unpaired) electrons. The van der Waals surface area contributed by atoms with Crippen LogP contribution in [0.5, 0.6) is 0 Å². The van der Waals surface area contributed by atoms with E-state index in [1.54, 1.807) is 0 Å². The Morgan fingerprint density at radius 3 is 1.81 bits per heavy atom. The van der Waals surface area contributed by atoms with Gasteiger partial charge in [-0.3, -0.25) is 0 Å². The molecule has 6 unspecified atom stereocenters. The van der Waals surface area contributed by atoms with Crippen LogP contribution < -0.4 is 0 Å². The zero-order valence-electron chi connectivity index (χ0n) is 22.4. The van der Waals surface area contributed by atoms with E-state index in [0.29, 0.717) is 28.1 Å². The molecule has 5 aliphatic carbocycles. The lowest BCUT2D eigenvalue weighted by Crippen LogP contribution is -2.66. The second-order valence-corrected chi connectivity index (χ2v) is 15.6. The largest absolute Gasteiger partial charge is 0.393 e. The monoisotopic (exact) mass is 444 g/mol. The SMILES string of the molecule is CC(C)(O)C1CC[C@@]2(C)C1CC[C@]1(C)C2CCC2[C@@]3(C)CC(O)CC(C)(C)C3CC[C@]21C. The van der Waals surface area contributed by atoms with Crippen molar-refractivity contribution in [2.24, 2.45) is 56.7 Å². The van der Waals surface area contributed by atoms with Crippen molar-refractivity contribution >= 4 is 0 Å². The normalized spacial score (nSPS) is 57.2. The van der Waals surface area contributed by atoms with Crippen LogP contribution in [-0.4, -0.2) is 21.9 Å². The number of rotatable bonds is 1. The fourth-order valence-corrected chi connectivity index (χ4v) is 12.3. The lowest BCUT2D eigenvalue weighted by molar-refractivity contribution is -0.250. The van der Waals surface area contributed by atoms with Crippen molar-refractivity contribution in [3.05, 3.63) is 0 Å². The van der Waals surface area contributed by atoms with Crippen molar-refractivity contribution in [1.29, 1.82) is 0 Å². The van der Waals surface area contributed by atoms with E-state index in [9.17, 15) is 10.2 Å². The first kappa shape index (κ1) is 23.7. The van der Waals surface area contributed by atoms with E-state index in [-0.39, 0.29) is 16.9 Å². The molecular formula is C30H52O2. The highest BCUT2D eigenvalue weighted by molar-refractivity contribution is 5.19. The van der Waals surface area contributed by atoms with Crippen molar-refractivity contribution < 1.29 is 10.2 Å². The molecule has 0 spiro atoms. The van der Waals surface area contributed by atoms with E-state index in [1.165, 1.54) is 51.4 Å². The number of fused-ring (bicyclic) bond motifs is 7. The molecule has 184 valence electrons. The number of aliphatic hydroxyl groups is 2. The van der Waals surface area contributed by atoms with Crippen LogP contribution >= 0.6 is 0 Å². The molecule has 10 atom stereocenters. The van der Waals surface area contributed by atoms with Crippen LogP contribution in [0.3, 0.4) is 0 Å². The number of hydrogen-bond acceptors (Lipinski definition) is 2. The second kappa shape index (κ2) is 6.77. The van der Waals surface area contributed by atoms with Gasteiger partial charge in [0.05, 0.1) is 11.7 Å². The number of hydrogen-bond donors (Lipinski definition) is 2. The predicted molar refractivity (Wildman–Crippen MR) is 132 cm³/mol. The van der Waals surface area contributed by atoms with E-state index >= 15 is 0 Å². The van der Waals surface area contributed by atoms with Gasteiger partial charge in [0.2, 0.25) is 0 Å². The van der Waals surface area contributed by atoms with Gasteiger partial charge >= 0.3 is 0 Å². The molecule has 0 aromatic carbocycles. The average molecular weight is 445 g/mol. The Morgan fingerprint density at radius 1 is 0.656 bits per heavy atom. The third-order valence-corrected chi connectivity index (χ3v) is 13.5. The molecule has 0 amide bonds. The molecule has 2 N–H and O–H groups in total. The quantitative estimate of drug-likeness (QED) is 0.448. The highest BCUT2D eigenvalue weighted by Crippen LogP contribution is 2.78. The topological polar surface area (TPSA) is 40.5 Å². The Hall–Kier alpha value is -0.0800. The predicted octanol–water partition coefficient (Wildman–Crippen LogP) is 7.22. The lowest BCUT2D eigenvalue weighted by atomic mass is 9.32. The molecule has 0 heterocycles. The molecule has 0 aromatic rings. The average Bonchev–Trinajstić information content (AvgIpc) is 2.98. The number of aliphatic hydroxyl groups excluding tert-OH is 1. The first-order chi connectivity index (χ1) is 14.6. The molecule has 0 aromatic heterocycles. The second-order valence-electron chi connectivity index (χ2n) is 15.6. The van der Waals surface area contributed by atoms with Crippen molar-refractivity contribution in [2.45, 2.75) is 131 Å². The van der Waals surface area contributed by atoms with E-state index in [2.05, 4.69) is 55.4 Å². The lowest BCUT2D eigenvalue weighted by Gasteiger charge is -2.73. The van der Waals surface area contributed by atoms with E-state index < -0.39 is 5.60 Å². The van der Waals surface area contributed by atoms with Crippen LogP contribution in [0.2, 0.25) is 0 Å². The summed E-state index contributed by atoms with van der Waals surface area (Å²) >= 11 is 0. The fourth-order valence-electron chi connectivity index (χ4n) is 12.3. The minimum Gasteiger partial charge on any atom is -0.393 e. The maximum absolute atomic E-state index is 11.0. The molecule has 2 nitrogen and oxygen atoms in total. The maximum Gasteiger partial charge on any atom is 0.0622 e. The first-order valence-electron chi connectivity index (χ1n) is 14.0. The first-order valence-corrected chi connectivity index (χ1v) is 14.0. The van der Waals surface area contributed by atoms with Crippen LogP contribution in [0.15, 0.2) is 0 Å². The third kappa shape index (κ3) is 2.84. The molecule has 0 aliphatic heterocycles. The summed E-state index contributed by atoms with van der Waals surface area (Å²) < 4.78 is 0. The summed E-state index contributed by atoms with van der Waals surface area (Å²) in [5, 5.41) is 21.9. The Bertz CT molecular complexity index is 765. The van der Waals surface area contributed by atoms with Gasteiger partial charge in [0.15, 0.2) is 0 Å². The maximum atomic E-state index is 11.0. The zero-order chi connectivity index (χ0) is 23.5. The van der Waals surface area contributed by atoms with E-state index in [0.717, 1.165) is 30.6 Å². The van der Waals surface area contributed by atoms with Crippen LogP contribution in [0.4, 0.5) is 0 Å². The summed E-state index contributed by atoms with van der Waals surface area (Å²) in [5.41, 5.74) is 1.11. The highest BCUT2D eigenvalue weighted by Gasteiger charge is 2.71. The fraction of sp³-hybridized carbons (Fsp3) is 1.00. The van der Waals surface area contributed by atoms with E-state index in [1.807, 2.05) is 0 Å². The molecule has 0 bridgehead atoms. The van der Waals surface area contributed by atoms with Crippen molar-refractivity contribution in [2.75, 3.05) is 0 Å².